The van der Waals surface area contributed by atoms with Gasteiger partial charge in [0, 0.05) is 13.4 Å². The number of benzene rings is 2. The molecule has 2 nitrogen and oxygen atoms in total. The summed E-state index contributed by atoms with van der Waals surface area (Å²) in [5, 5.41) is 9.53. The first-order chi connectivity index (χ1) is 8.56. The zero-order valence-corrected chi connectivity index (χ0v) is 12.8. The molecule has 1 N–H and O–H groups in total. The number of rotatable bonds is 3. The van der Waals surface area contributed by atoms with Crippen LogP contribution in [0.25, 0.3) is 0 Å². The molecule has 0 spiro atoms. The SMILES string of the molecule is O=C(O)c1ccc(Sc2ccc(I)c(Cl)c2)cc1. The van der Waals surface area contributed by atoms with Crippen molar-refractivity contribution in [2.24, 2.45) is 0 Å². The topological polar surface area (TPSA) is 37.3 Å². The Kier molecular flexibility index (Phi) is 4.53. The highest BCUT2D eigenvalue weighted by atomic mass is 127. The molecule has 2 rings (SSSR count). The monoisotopic (exact) mass is 390 g/mol. The van der Waals surface area contributed by atoms with E-state index in [2.05, 4.69) is 22.6 Å². The van der Waals surface area contributed by atoms with Gasteiger partial charge in [-0.05, 0) is 65.1 Å². The molecule has 0 aromatic heterocycles. The molecule has 0 saturated carbocycles. The molecule has 0 heterocycles. The molecule has 0 radical (unpaired) electrons. The molecule has 0 unspecified atom stereocenters. The van der Waals surface area contributed by atoms with Gasteiger partial charge in [0.15, 0.2) is 0 Å². The zero-order chi connectivity index (χ0) is 13.1. The van der Waals surface area contributed by atoms with E-state index in [1.165, 1.54) is 0 Å². The molecule has 18 heavy (non-hydrogen) atoms. The van der Waals surface area contributed by atoms with E-state index in [1.807, 2.05) is 18.2 Å². The Morgan fingerprint density at radius 2 is 1.72 bits per heavy atom. The third-order valence-corrected chi connectivity index (χ3v) is 4.80. The van der Waals surface area contributed by atoms with Crippen LogP contribution in [0.5, 0.6) is 0 Å². The van der Waals surface area contributed by atoms with Crippen LogP contribution in [0.1, 0.15) is 10.4 Å². The summed E-state index contributed by atoms with van der Waals surface area (Å²) in [6.45, 7) is 0. The van der Waals surface area contributed by atoms with E-state index >= 15 is 0 Å². The maximum absolute atomic E-state index is 10.7. The van der Waals surface area contributed by atoms with E-state index in [-0.39, 0.29) is 0 Å². The van der Waals surface area contributed by atoms with E-state index < -0.39 is 5.97 Å². The van der Waals surface area contributed by atoms with Gasteiger partial charge < -0.3 is 5.11 Å². The van der Waals surface area contributed by atoms with Crippen molar-refractivity contribution in [1.29, 1.82) is 0 Å². The van der Waals surface area contributed by atoms with Crippen LogP contribution >= 0.6 is 46.0 Å². The quantitative estimate of drug-likeness (QED) is 0.765. The van der Waals surface area contributed by atoms with Crippen molar-refractivity contribution < 1.29 is 9.90 Å². The number of hydrogen-bond acceptors (Lipinski definition) is 2. The second-order valence-electron chi connectivity index (χ2n) is 3.51. The Morgan fingerprint density at radius 1 is 1.11 bits per heavy atom. The fourth-order valence-corrected chi connectivity index (χ4v) is 2.78. The Balaban J connectivity index is 2.18. The first-order valence-corrected chi connectivity index (χ1v) is 7.30. The largest absolute Gasteiger partial charge is 0.478 e. The smallest absolute Gasteiger partial charge is 0.335 e. The van der Waals surface area contributed by atoms with E-state index in [1.54, 1.807) is 36.0 Å². The fraction of sp³-hybridized carbons (Fsp3) is 0. The molecule has 2 aromatic rings. The van der Waals surface area contributed by atoms with Crippen LogP contribution in [0, 0.1) is 3.57 Å². The van der Waals surface area contributed by atoms with Crippen molar-refractivity contribution in [3.63, 3.8) is 0 Å². The predicted octanol–water partition coefficient (Wildman–Crippen LogP) is 4.79. The third kappa shape index (κ3) is 3.40. The summed E-state index contributed by atoms with van der Waals surface area (Å²) < 4.78 is 1.01. The summed E-state index contributed by atoms with van der Waals surface area (Å²) in [7, 11) is 0. The van der Waals surface area contributed by atoms with Gasteiger partial charge in [0.1, 0.15) is 0 Å². The van der Waals surface area contributed by atoms with Gasteiger partial charge >= 0.3 is 5.97 Å². The Morgan fingerprint density at radius 3 is 2.28 bits per heavy atom. The molecule has 0 aliphatic heterocycles. The van der Waals surface area contributed by atoms with Crippen molar-refractivity contribution >= 4 is 51.9 Å². The molecule has 2 aromatic carbocycles. The fourth-order valence-electron chi connectivity index (χ4n) is 1.34. The lowest BCUT2D eigenvalue weighted by atomic mass is 10.2. The lowest BCUT2D eigenvalue weighted by molar-refractivity contribution is 0.0697. The number of carboxylic acid groups (broad SMARTS) is 1. The summed E-state index contributed by atoms with van der Waals surface area (Å²) in [4.78, 5) is 12.7. The summed E-state index contributed by atoms with van der Waals surface area (Å²) in [5.74, 6) is -0.913. The average Bonchev–Trinajstić information content (AvgIpc) is 2.34. The van der Waals surface area contributed by atoms with E-state index in [0.717, 1.165) is 18.4 Å². The number of carboxylic acids is 1. The number of carbonyl (C=O) groups is 1. The molecule has 0 amide bonds. The van der Waals surface area contributed by atoms with Crippen LogP contribution in [0.4, 0.5) is 0 Å². The highest BCUT2D eigenvalue weighted by molar-refractivity contribution is 14.1. The normalized spacial score (nSPS) is 10.3. The van der Waals surface area contributed by atoms with Crippen LogP contribution < -0.4 is 0 Å². The Hall–Kier alpha value is -0.720. The van der Waals surface area contributed by atoms with Gasteiger partial charge in [-0.2, -0.15) is 0 Å². The second-order valence-corrected chi connectivity index (χ2v) is 6.22. The molecule has 0 fully saturated rings. The minimum absolute atomic E-state index is 0.292. The third-order valence-electron chi connectivity index (χ3n) is 2.23. The predicted molar refractivity (Wildman–Crippen MR) is 81.7 cm³/mol. The van der Waals surface area contributed by atoms with Crippen LogP contribution in [-0.4, -0.2) is 11.1 Å². The van der Waals surface area contributed by atoms with Crippen LogP contribution in [-0.2, 0) is 0 Å². The molecule has 0 aliphatic rings. The van der Waals surface area contributed by atoms with Gasteiger partial charge in [0.25, 0.3) is 0 Å². The first-order valence-electron chi connectivity index (χ1n) is 5.02. The summed E-state index contributed by atoms with van der Waals surface area (Å²) >= 11 is 9.78. The van der Waals surface area contributed by atoms with Gasteiger partial charge in [-0.15, -0.1) is 0 Å². The Bertz CT molecular complexity index is 584. The zero-order valence-electron chi connectivity index (χ0n) is 9.06. The molecule has 92 valence electrons. The molecular formula is C13H8ClIO2S. The minimum atomic E-state index is -0.913. The molecule has 0 bridgehead atoms. The molecular weight excluding hydrogens is 383 g/mol. The summed E-state index contributed by atoms with van der Waals surface area (Å²) in [5.41, 5.74) is 0.292. The first kappa shape index (κ1) is 13.7. The number of aromatic carboxylic acids is 1. The van der Waals surface area contributed by atoms with Gasteiger partial charge in [-0.1, -0.05) is 23.4 Å². The lowest BCUT2D eigenvalue weighted by Gasteiger charge is -2.04. The molecule has 0 atom stereocenters. The van der Waals surface area contributed by atoms with Gasteiger partial charge in [-0.25, -0.2) is 4.79 Å². The highest BCUT2D eigenvalue weighted by Crippen LogP contribution is 2.31. The summed E-state index contributed by atoms with van der Waals surface area (Å²) in [6.07, 6.45) is 0. The van der Waals surface area contributed by atoms with Crippen LogP contribution in [0.2, 0.25) is 5.02 Å². The van der Waals surface area contributed by atoms with Gasteiger partial charge in [0.05, 0.1) is 10.6 Å². The van der Waals surface area contributed by atoms with Crippen molar-refractivity contribution in [3.8, 4) is 0 Å². The maximum Gasteiger partial charge on any atom is 0.335 e. The van der Waals surface area contributed by atoms with Crippen LogP contribution in [0.15, 0.2) is 52.3 Å². The van der Waals surface area contributed by atoms with E-state index in [4.69, 9.17) is 16.7 Å². The van der Waals surface area contributed by atoms with Crippen molar-refractivity contribution in [2.45, 2.75) is 9.79 Å². The molecule has 0 saturated heterocycles. The number of hydrogen-bond donors (Lipinski definition) is 1. The van der Waals surface area contributed by atoms with Crippen LogP contribution in [0.3, 0.4) is 0 Å². The van der Waals surface area contributed by atoms with Gasteiger partial charge in [-0.3, -0.25) is 0 Å². The Labute approximate surface area is 127 Å². The van der Waals surface area contributed by atoms with Gasteiger partial charge in [0.2, 0.25) is 0 Å². The van der Waals surface area contributed by atoms with Crippen molar-refractivity contribution in [2.75, 3.05) is 0 Å². The highest BCUT2D eigenvalue weighted by Gasteiger charge is 2.04. The minimum Gasteiger partial charge on any atom is -0.478 e. The molecule has 0 aliphatic carbocycles. The van der Waals surface area contributed by atoms with Crippen molar-refractivity contribution in [3.05, 3.63) is 56.6 Å². The standard InChI is InChI=1S/C13H8ClIO2S/c14-11-7-10(5-6-12(11)15)18-9-3-1-8(2-4-9)13(16)17/h1-7H,(H,16,17). The molecule has 5 heteroatoms. The number of halogens is 2. The average molecular weight is 391 g/mol. The van der Waals surface area contributed by atoms with E-state index in [9.17, 15) is 4.79 Å². The lowest BCUT2D eigenvalue weighted by Crippen LogP contribution is -1.94. The maximum atomic E-state index is 10.7. The van der Waals surface area contributed by atoms with Crippen molar-refractivity contribution in [1.82, 2.24) is 0 Å². The second kappa shape index (κ2) is 5.95. The summed E-state index contributed by atoms with van der Waals surface area (Å²) in [6, 6.07) is 12.6. The van der Waals surface area contributed by atoms with E-state index in [0.29, 0.717) is 5.56 Å².